The third-order valence-corrected chi connectivity index (χ3v) is 0.813. The molecule has 0 aromatic rings. The van der Waals surface area contributed by atoms with E-state index in [0.717, 1.165) is 0 Å². The van der Waals surface area contributed by atoms with E-state index in [1.54, 1.807) is 6.92 Å². The van der Waals surface area contributed by atoms with E-state index >= 15 is 0 Å². The van der Waals surface area contributed by atoms with Crippen molar-refractivity contribution in [1.82, 2.24) is 0 Å². The van der Waals surface area contributed by atoms with Gasteiger partial charge in [-0.2, -0.15) is 0 Å². The van der Waals surface area contributed by atoms with Crippen LogP contribution in [0.1, 0.15) is 20.8 Å². The first-order valence-electron chi connectivity index (χ1n) is 3.45. The van der Waals surface area contributed by atoms with Gasteiger partial charge in [-0.05, 0) is 6.92 Å². The van der Waals surface area contributed by atoms with Crippen LogP contribution >= 0.6 is 0 Å². The molecule has 0 heterocycles. The zero-order chi connectivity index (χ0) is 12.3. The van der Waals surface area contributed by atoms with Gasteiger partial charge in [0, 0.05) is 5.92 Å². The molecule has 0 radical (unpaired) electrons. The molecule has 0 rings (SSSR count). The summed E-state index contributed by atoms with van der Waals surface area (Å²) in [7, 11) is 0. The summed E-state index contributed by atoms with van der Waals surface area (Å²) < 4.78 is 0. The fourth-order valence-electron chi connectivity index (χ4n) is 0. The number of ketones is 1. The topological polar surface area (TPSA) is 132 Å². The number of hydrogen-bond donors (Lipinski definition) is 4. The number of carbonyl (C=O) groups is 3. The van der Waals surface area contributed by atoms with E-state index in [1.807, 2.05) is 13.8 Å². The third-order valence-electron chi connectivity index (χ3n) is 0.813. The summed E-state index contributed by atoms with van der Waals surface area (Å²) in [4.78, 5) is 27.3. The van der Waals surface area contributed by atoms with Crippen LogP contribution in [0.25, 0.3) is 0 Å². The molecule has 0 aromatic heterocycles. The predicted octanol–water partition coefficient (Wildman–Crippen LogP) is 1.68. The Labute approximate surface area is 80.6 Å². The van der Waals surface area contributed by atoms with Crippen molar-refractivity contribution in [1.29, 1.82) is 0 Å². The minimum Gasteiger partial charge on any atom is -0.450 e. The van der Waals surface area contributed by atoms with Crippen LogP contribution in [-0.4, -0.2) is 38.5 Å². The van der Waals surface area contributed by atoms with Crippen molar-refractivity contribution >= 4 is 18.1 Å². The van der Waals surface area contributed by atoms with Crippen molar-refractivity contribution in [3.05, 3.63) is 0 Å². The Kier molecular flexibility index (Phi) is 14.5. The molecule has 0 amide bonds. The van der Waals surface area contributed by atoms with Crippen LogP contribution in [0.4, 0.5) is 9.59 Å². The van der Waals surface area contributed by atoms with Crippen molar-refractivity contribution in [2.75, 3.05) is 0 Å². The van der Waals surface area contributed by atoms with E-state index in [1.165, 1.54) is 0 Å². The van der Waals surface area contributed by atoms with Gasteiger partial charge >= 0.3 is 12.3 Å². The first kappa shape index (κ1) is 18.1. The number of carboxylic acid groups (broad SMARTS) is 4. The molecule has 4 N–H and O–H groups in total. The van der Waals surface area contributed by atoms with Crippen LogP contribution in [0.2, 0.25) is 0 Å². The molecule has 0 saturated heterocycles. The molecule has 0 unspecified atom stereocenters. The second-order valence-electron chi connectivity index (χ2n) is 2.33. The van der Waals surface area contributed by atoms with Gasteiger partial charge in [0.05, 0.1) is 0 Å². The summed E-state index contributed by atoms with van der Waals surface area (Å²) in [5, 5.41) is 27.9. The number of carbonyl (C=O) groups excluding carboxylic acids is 1. The molecule has 14 heavy (non-hydrogen) atoms. The average Bonchev–Trinajstić information content (AvgIpc) is 1.83. The lowest BCUT2D eigenvalue weighted by atomic mass is 10.1. The van der Waals surface area contributed by atoms with E-state index in [0.29, 0.717) is 0 Å². The van der Waals surface area contributed by atoms with E-state index < -0.39 is 12.3 Å². The molecular formula is C7H14O7. The standard InChI is InChI=1S/C5H10O.2CH2O3/c1-4(2)5(3)6;2*2-1(3)4/h4H,1-3H3;2*(H2,2,3,4). The van der Waals surface area contributed by atoms with E-state index in [-0.39, 0.29) is 11.7 Å². The minimum absolute atomic E-state index is 0.213. The van der Waals surface area contributed by atoms with Gasteiger partial charge in [-0.3, -0.25) is 4.79 Å². The van der Waals surface area contributed by atoms with Gasteiger partial charge in [-0.1, -0.05) is 13.8 Å². The molecule has 0 aliphatic carbocycles. The summed E-state index contributed by atoms with van der Waals surface area (Å²) >= 11 is 0. The smallest absolute Gasteiger partial charge is 0.450 e. The summed E-state index contributed by atoms with van der Waals surface area (Å²) in [5.74, 6) is 0.472. The SMILES string of the molecule is CC(=O)C(C)C.O=C(O)O.O=C(O)O. The summed E-state index contributed by atoms with van der Waals surface area (Å²) in [6.07, 6.45) is -3.67. The molecule has 7 heteroatoms. The summed E-state index contributed by atoms with van der Waals surface area (Å²) in [6, 6.07) is 0. The van der Waals surface area contributed by atoms with Crippen molar-refractivity contribution in [3.8, 4) is 0 Å². The van der Waals surface area contributed by atoms with Crippen molar-refractivity contribution in [2.45, 2.75) is 20.8 Å². The fourth-order valence-corrected chi connectivity index (χ4v) is 0. The average molecular weight is 210 g/mol. The zero-order valence-corrected chi connectivity index (χ0v) is 8.09. The number of hydrogen-bond acceptors (Lipinski definition) is 3. The molecule has 0 atom stereocenters. The Hall–Kier alpha value is -1.79. The van der Waals surface area contributed by atoms with Crippen LogP contribution in [0.3, 0.4) is 0 Å². The first-order chi connectivity index (χ1) is 6.11. The molecule has 0 aliphatic rings. The van der Waals surface area contributed by atoms with Crippen molar-refractivity contribution in [2.24, 2.45) is 5.92 Å². The molecule has 0 bridgehead atoms. The van der Waals surface area contributed by atoms with Crippen LogP contribution in [0.15, 0.2) is 0 Å². The van der Waals surface area contributed by atoms with Crippen molar-refractivity contribution in [3.63, 3.8) is 0 Å². The van der Waals surface area contributed by atoms with Gasteiger partial charge in [-0.25, -0.2) is 9.59 Å². The van der Waals surface area contributed by atoms with Gasteiger partial charge in [0.25, 0.3) is 0 Å². The first-order valence-corrected chi connectivity index (χ1v) is 3.45. The quantitative estimate of drug-likeness (QED) is 0.517. The Morgan fingerprint density at radius 3 is 0.929 bits per heavy atom. The Morgan fingerprint density at radius 2 is 0.929 bits per heavy atom. The maximum absolute atomic E-state index is 10.1. The van der Waals surface area contributed by atoms with E-state index in [2.05, 4.69) is 0 Å². The maximum atomic E-state index is 10.1. The number of Topliss-reactive ketones (excluding diaryl/α,β-unsaturated/α-hetero) is 1. The van der Waals surface area contributed by atoms with Crippen LogP contribution in [-0.2, 0) is 4.79 Å². The molecule has 7 nitrogen and oxygen atoms in total. The predicted molar refractivity (Wildman–Crippen MR) is 46.8 cm³/mol. The highest BCUT2D eigenvalue weighted by Crippen LogP contribution is 1.89. The second kappa shape index (κ2) is 11.2. The van der Waals surface area contributed by atoms with E-state index in [9.17, 15) is 4.79 Å². The molecule has 0 saturated carbocycles. The van der Waals surface area contributed by atoms with Gasteiger partial charge in [0.15, 0.2) is 0 Å². The van der Waals surface area contributed by atoms with Gasteiger partial charge in [-0.15, -0.1) is 0 Å². The molecular weight excluding hydrogens is 196 g/mol. The Balaban J connectivity index is -0.000000135. The number of rotatable bonds is 1. The molecule has 84 valence electrons. The molecule has 0 aliphatic heterocycles. The molecule has 0 fully saturated rings. The van der Waals surface area contributed by atoms with Gasteiger partial charge < -0.3 is 20.4 Å². The normalized spacial score (nSPS) is 7.43. The maximum Gasteiger partial charge on any atom is 0.503 e. The lowest BCUT2D eigenvalue weighted by Gasteiger charge is -1.90. The third kappa shape index (κ3) is 177. The molecule has 0 spiro atoms. The summed E-state index contributed by atoms with van der Waals surface area (Å²) in [6.45, 7) is 5.38. The van der Waals surface area contributed by atoms with Crippen molar-refractivity contribution < 1.29 is 34.8 Å². The van der Waals surface area contributed by atoms with Crippen LogP contribution in [0.5, 0.6) is 0 Å². The zero-order valence-electron chi connectivity index (χ0n) is 8.09. The van der Waals surface area contributed by atoms with Gasteiger partial charge in [0.1, 0.15) is 5.78 Å². The lowest BCUT2D eigenvalue weighted by molar-refractivity contribution is -0.119. The van der Waals surface area contributed by atoms with Gasteiger partial charge in [0.2, 0.25) is 0 Å². The Bertz CT molecular complexity index is 164. The fraction of sp³-hybridized carbons (Fsp3) is 0.571. The molecule has 0 aromatic carbocycles. The monoisotopic (exact) mass is 210 g/mol. The second-order valence-corrected chi connectivity index (χ2v) is 2.33. The highest BCUT2D eigenvalue weighted by Gasteiger charge is 1.95. The lowest BCUT2D eigenvalue weighted by Crippen LogP contribution is -1.98. The Morgan fingerprint density at radius 1 is 0.857 bits per heavy atom. The highest BCUT2D eigenvalue weighted by atomic mass is 16.6. The minimum atomic E-state index is -1.83. The van der Waals surface area contributed by atoms with Crippen LogP contribution < -0.4 is 0 Å². The largest absolute Gasteiger partial charge is 0.503 e. The highest BCUT2D eigenvalue weighted by molar-refractivity contribution is 5.77. The van der Waals surface area contributed by atoms with Crippen LogP contribution in [0, 0.1) is 5.92 Å². The van der Waals surface area contributed by atoms with E-state index in [4.69, 9.17) is 30.0 Å². The summed E-state index contributed by atoms with van der Waals surface area (Å²) in [5.41, 5.74) is 0.